The van der Waals surface area contributed by atoms with Crippen LogP contribution in [0.5, 0.6) is 0 Å². The molecule has 0 aliphatic rings. The maximum Gasteiger partial charge on any atom is 0.438 e. The molecule has 0 saturated heterocycles. The molecule has 1 N–H and O–H groups in total. The van der Waals surface area contributed by atoms with Crippen LogP contribution in [0.3, 0.4) is 0 Å². The maximum absolute atomic E-state index is 13.5. The molecule has 0 amide bonds. The van der Waals surface area contributed by atoms with Gasteiger partial charge in [0.2, 0.25) is 0 Å². The lowest BCUT2D eigenvalue weighted by Crippen LogP contribution is -2.75. The molecular weight excluding hydrogens is 602 g/mol. The molecule has 0 spiro atoms. The Kier molecular flexibility index (Phi) is 10.3. The van der Waals surface area contributed by atoms with Crippen molar-refractivity contribution in [1.29, 1.82) is 0 Å². The first-order valence-corrected chi connectivity index (χ1v) is 10.8. The number of alkyl halides is 16. The van der Waals surface area contributed by atoms with Crippen molar-refractivity contribution >= 4 is 10.1 Å². The highest BCUT2D eigenvalue weighted by Crippen LogP contribution is 2.64. The average molecular weight is 617 g/mol. The van der Waals surface area contributed by atoms with Crippen molar-refractivity contribution in [2.75, 3.05) is 0 Å². The normalized spacial score (nSPS) is 15.1. The molecule has 0 saturated carbocycles. The summed E-state index contributed by atoms with van der Waals surface area (Å²) in [7, 11) is -7.84. The number of nitrogens with zero attached hydrogens (tertiary/aromatic N) is 1. The van der Waals surface area contributed by atoms with Gasteiger partial charge < -0.3 is 0 Å². The highest BCUT2D eigenvalue weighted by molar-refractivity contribution is 7.87. The summed E-state index contributed by atoms with van der Waals surface area (Å²) in [6.07, 6.45) is -0.560. The van der Waals surface area contributed by atoms with E-state index in [4.69, 9.17) is 4.55 Å². The fourth-order valence-corrected chi connectivity index (χ4v) is 2.68. The zero-order chi connectivity index (χ0) is 30.9. The third-order valence-electron chi connectivity index (χ3n) is 4.53. The summed E-state index contributed by atoms with van der Waals surface area (Å²) in [5.74, 6) is -56.6. The molecule has 1 rings (SSSR count). The highest BCUT2D eigenvalue weighted by atomic mass is 32.2. The van der Waals surface area contributed by atoms with Gasteiger partial charge in [-0.2, -0.15) is 78.7 Å². The van der Waals surface area contributed by atoms with Crippen LogP contribution in [-0.2, 0) is 10.1 Å². The quantitative estimate of drug-likeness (QED) is 0.211. The van der Waals surface area contributed by atoms with Crippen molar-refractivity contribution in [2.24, 2.45) is 0 Å². The molecule has 21 heteroatoms. The number of unbranched alkanes of at least 4 members (excludes halogenated alkanes) is 1. The summed E-state index contributed by atoms with van der Waals surface area (Å²) < 4.78 is 241. The van der Waals surface area contributed by atoms with Crippen LogP contribution >= 0.6 is 0 Å². The Morgan fingerprint density at radius 3 is 1.21 bits per heavy atom. The fourth-order valence-electron chi connectivity index (χ4n) is 2.23. The minimum absolute atomic E-state index is 0.501. The van der Waals surface area contributed by atoms with Gasteiger partial charge in [-0.15, -0.1) is 0 Å². The largest absolute Gasteiger partial charge is 0.438 e. The molecule has 0 fully saturated rings. The summed E-state index contributed by atoms with van der Waals surface area (Å²) in [5, 5.41) is -7.77. The zero-order valence-electron chi connectivity index (χ0n) is 18.2. The summed E-state index contributed by atoms with van der Waals surface area (Å²) in [6, 6.07) is 5.72. The van der Waals surface area contributed by atoms with Crippen molar-refractivity contribution in [3.05, 3.63) is 30.6 Å². The standard InChI is InChI=1S/C12H10F16O3S.C5H5N/c1-2-3-4-5(13,14)6(15,16)7(17,18)8(19,20)9(21,22)10(23,24)11(25,26)12(27,28)32(29,30)31;1-2-4-6-5-3-1/h2-4H2,1H3,(H,29,30,31);1-5H. The maximum atomic E-state index is 13.5. The van der Waals surface area contributed by atoms with Crippen LogP contribution in [0.1, 0.15) is 26.2 Å². The second-order valence-corrected chi connectivity index (χ2v) is 8.73. The van der Waals surface area contributed by atoms with Crippen molar-refractivity contribution in [3.8, 4) is 0 Å². The van der Waals surface area contributed by atoms with Crippen LogP contribution in [0.2, 0.25) is 0 Å². The first-order valence-electron chi connectivity index (χ1n) is 9.40. The van der Waals surface area contributed by atoms with Gasteiger partial charge in [0.15, 0.2) is 0 Å². The third-order valence-corrected chi connectivity index (χ3v) is 5.44. The number of hydrogen-bond donors (Lipinski definition) is 1. The van der Waals surface area contributed by atoms with E-state index in [1.54, 1.807) is 12.4 Å². The minimum atomic E-state index is -8.73. The fraction of sp³-hybridized carbons (Fsp3) is 0.706. The summed E-state index contributed by atoms with van der Waals surface area (Å²) in [4.78, 5) is 3.78. The van der Waals surface area contributed by atoms with Gasteiger partial charge in [-0.05, 0) is 18.6 Å². The van der Waals surface area contributed by atoms with Crippen molar-refractivity contribution < 1.29 is 83.2 Å². The van der Waals surface area contributed by atoms with Gasteiger partial charge in [0.25, 0.3) is 0 Å². The second-order valence-electron chi connectivity index (χ2n) is 7.27. The Labute approximate surface area is 202 Å². The van der Waals surface area contributed by atoms with E-state index in [2.05, 4.69) is 4.98 Å². The molecule has 0 radical (unpaired) electrons. The van der Waals surface area contributed by atoms with Gasteiger partial charge in [-0.3, -0.25) is 9.54 Å². The molecule has 1 aromatic heterocycles. The summed E-state index contributed by atoms with van der Waals surface area (Å²) >= 11 is 0. The number of pyridine rings is 1. The molecule has 4 nitrogen and oxygen atoms in total. The number of aromatic nitrogens is 1. The smallest absolute Gasteiger partial charge is 0.281 e. The van der Waals surface area contributed by atoms with Gasteiger partial charge in [-0.25, -0.2) is 0 Å². The van der Waals surface area contributed by atoms with Gasteiger partial charge in [0.1, 0.15) is 0 Å². The molecule has 0 bridgehead atoms. The predicted octanol–water partition coefficient (Wildman–Crippen LogP) is 7.19. The van der Waals surface area contributed by atoms with Crippen molar-refractivity contribution in [1.82, 2.24) is 4.98 Å². The molecule has 1 aromatic rings. The Bertz CT molecular complexity index is 989. The SMILES string of the molecule is CCCCC(F)(F)C(F)(F)C(F)(F)C(F)(F)C(F)(F)C(F)(F)C(F)(F)C(F)(F)S(=O)(=O)O.c1ccncc1. The van der Waals surface area contributed by atoms with Gasteiger partial charge in [0.05, 0.1) is 0 Å². The second kappa shape index (κ2) is 10.8. The average Bonchev–Trinajstić information content (AvgIpc) is 2.77. The van der Waals surface area contributed by atoms with Gasteiger partial charge in [0, 0.05) is 18.8 Å². The van der Waals surface area contributed by atoms with E-state index >= 15 is 0 Å². The highest BCUT2D eigenvalue weighted by Gasteiger charge is 2.95. The van der Waals surface area contributed by atoms with Crippen LogP contribution in [0.25, 0.3) is 0 Å². The summed E-state index contributed by atoms with van der Waals surface area (Å²) in [6.45, 7) is 0.965. The van der Waals surface area contributed by atoms with Crippen molar-refractivity contribution in [3.63, 3.8) is 0 Å². The first-order chi connectivity index (χ1) is 16.6. The van der Waals surface area contributed by atoms with E-state index in [0.29, 0.717) is 0 Å². The van der Waals surface area contributed by atoms with E-state index in [1.807, 2.05) is 18.2 Å². The lowest BCUT2D eigenvalue weighted by molar-refractivity contribution is -0.449. The van der Waals surface area contributed by atoms with E-state index in [0.717, 1.165) is 6.92 Å². The topological polar surface area (TPSA) is 67.3 Å². The molecule has 1 heterocycles. The lowest BCUT2D eigenvalue weighted by atomic mass is 9.88. The van der Waals surface area contributed by atoms with Gasteiger partial charge in [-0.1, -0.05) is 19.4 Å². The van der Waals surface area contributed by atoms with Crippen molar-refractivity contribution in [2.45, 2.75) is 72.9 Å². The molecule has 0 atom stereocenters. The number of hydrogen-bond acceptors (Lipinski definition) is 3. The predicted molar refractivity (Wildman–Crippen MR) is 94.9 cm³/mol. The van der Waals surface area contributed by atoms with Gasteiger partial charge >= 0.3 is 56.8 Å². The van der Waals surface area contributed by atoms with E-state index in [-0.39, 0.29) is 0 Å². The molecule has 0 aliphatic heterocycles. The van der Waals surface area contributed by atoms with E-state index in [1.165, 1.54) is 0 Å². The number of rotatable bonds is 11. The number of halogens is 16. The van der Waals surface area contributed by atoms with Crippen LogP contribution < -0.4 is 0 Å². The van der Waals surface area contributed by atoms with E-state index in [9.17, 15) is 78.7 Å². The molecule has 0 aromatic carbocycles. The monoisotopic (exact) mass is 617 g/mol. The third kappa shape index (κ3) is 5.62. The molecular formula is C17H15F16NO3S. The Hall–Kier alpha value is -2.06. The summed E-state index contributed by atoms with van der Waals surface area (Å²) in [5.41, 5.74) is 0. The van der Waals surface area contributed by atoms with Crippen LogP contribution in [0.4, 0.5) is 70.2 Å². The Morgan fingerprint density at radius 2 is 0.947 bits per heavy atom. The molecule has 38 heavy (non-hydrogen) atoms. The molecule has 0 aliphatic carbocycles. The lowest BCUT2D eigenvalue weighted by Gasteiger charge is -2.43. The van der Waals surface area contributed by atoms with E-state index < -0.39 is 76.1 Å². The molecule has 224 valence electrons. The van der Waals surface area contributed by atoms with Crippen LogP contribution in [0.15, 0.2) is 30.6 Å². The zero-order valence-corrected chi connectivity index (χ0v) is 19.0. The first kappa shape index (κ1) is 35.9. The minimum Gasteiger partial charge on any atom is -0.281 e. The van der Waals surface area contributed by atoms with Crippen LogP contribution in [-0.4, -0.2) is 64.7 Å². The molecule has 0 unspecified atom stereocenters. The Morgan fingerprint density at radius 1 is 0.605 bits per heavy atom. The van der Waals surface area contributed by atoms with Crippen LogP contribution in [0, 0.1) is 0 Å². The Balaban J connectivity index is 0.00000198.